The van der Waals surface area contributed by atoms with Gasteiger partial charge in [-0.15, -0.1) is 0 Å². The number of nitro groups is 1. The Hall–Kier alpha value is -2.27. The van der Waals surface area contributed by atoms with Gasteiger partial charge in [0, 0.05) is 24.7 Å². The zero-order valence-corrected chi connectivity index (χ0v) is 12.0. The molecule has 2 rings (SSSR count). The molecule has 2 aromatic rings. The van der Waals surface area contributed by atoms with E-state index < -0.39 is 4.92 Å². The van der Waals surface area contributed by atoms with E-state index in [0.717, 1.165) is 11.1 Å². The van der Waals surface area contributed by atoms with E-state index in [4.69, 9.17) is 0 Å². The van der Waals surface area contributed by atoms with E-state index in [0.29, 0.717) is 6.54 Å². The maximum atomic E-state index is 12.9. The molecule has 110 valence electrons. The molecule has 1 atom stereocenters. The van der Waals surface area contributed by atoms with Gasteiger partial charge in [-0.05, 0) is 37.2 Å². The van der Waals surface area contributed by atoms with Crippen LogP contribution in [0, 0.1) is 15.9 Å². The quantitative estimate of drug-likeness (QED) is 0.618. The van der Waals surface area contributed by atoms with Gasteiger partial charge < -0.3 is 0 Å². The molecule has 0 amide bonds. The van der Waals surface area contributed by atoms with E-state index in [9.17, 15) is 14.5 Å². The summed E-state index contributed by atoms with van der Waals surface area (Å²) in [6.07, 6.45) is 0. The topological polar surface area (TPSA) is 46.4 Å². The van der Waals surface area contributed by atoms with Crippen molar-refractivity contribution in [1.82, 2.24) is 4.90 Å². The van der Waals surface area contributed by atoms with Gasteiger partial charge in [0.25, 0.3) is 5.69 Å². The summed E-state index contributed by atoms with van der Waals surface area (Å²) in [5.74, 6) is -0.246. The average Bonchev–Trinajstić information content (AvgIpc) is 2.47. The predicted molar refractivity (Wildman–Crippen MR) is 79.4 cm³/mol. The second kappa shape index (κ2) is 6.45. The second-order valence-corrected chi connectivity index (χ2v) is 5.07. The molecule has 0 radical (unpaired) electrons. The maximum absolute atomic E-state index is 12.9. The Kier molecular flexibility index (Phi) is 4.65. The molecule has 1 unspecified atom stereocenters. The monoisotopic (exact) mass is 288 g/mol. The highest BCUT2D eigenvalue weighted by Crippen LogP contribution is 2.21. The van der Waals surface area contributed by atoms with Crippen LogP contribution in [-0.2, 0) is 6.54 Å². The molecule has 21 heavy (non-hydrogen) atoms. The minimum Gasteiger partial charge on any atom is -0.295 e. The molecule has 0 fully saturated rings. The first-order valence-electron chi connectivity index (χ1n) is 6.66. The van der Waals surface area contributed by atoms with Crippen LogP contribution in [0.15, 0.2) is 48.5 Å². The fourth-order valence-electron chi connectivity index (χ4n) is 2.14. The van der Waals surface area contributed by atoms with E-state index in [2.05, 4.69) is 4.90 Å². The smallest absolute Gasteiger partial charge is 0.269 e. The maximum Gasteiger partial charge on any atom is 0.269 e. The fraction of sp³-hybridized carbons (Fsp3) is 0.250. The van der Waals surface area contributed by atoms with Crippen molar-refractivity contribution in [3.63, 3.8) is 0 Å². The van der Waals surface area contributed by atoms with E-state index in [-0.39, 0.29) is 17.5 Å². The first-order valence-corrected chi connectivity index (χ1v) is 6.66. The zero-order chi connectivity index (χ0) is 15.4. The van der Waals surface area contributed by atoms with Gasteiger partial charge in [0.2, 0.25) is 0 Å². The van der Waals surface area contributed by atoms with Crippen LogP contribution in [0.25, 0.3) is 0 Å². The van der Waals surface area contributed by atoms with Gasteiger partial charge in [0.1, 0.15) is 5.82 Å². The largest absolute Gasteiger partial charge is 0.295 e. The lowest BCUT2D eigenvalue weighted by Gasteiger charge is -2.25. The van der Waals surface area contributed by atoms with Crippen LogP contribution < -0.4 is 0 Å². The minimum absolute atomic E-state index is 0.0907. The molecule has 0 heterocycles. The first-order chi connectivity index (χ1) is 9.97. The van der Waals surface area contributed by atoms with Crippen molar-refractivity contribution < 1.29 is 9.31 Å². The Labute approximate surface area is 123 Å². The highest BCUT2D eigenvalue weighted by Gasteiger charge is 2.13. The number of rotatable bonds is 5. The standard InChI is InChI=1S/C16H17FN2O2/c1-12(14-5-7-15(17)8-6-14)18(2)11-13-3-9-16(10-4-13)19(20)21/h3-10,12H,11H2,1-2H3. The van der Waals surface area contributed by atoms with Gasteiger partial charge in [-0.1, -0.05) is 24.3 Å². The Balaban J connectivity index is 2.04. The molecule has 2 aromatic carbocycles. The van der Waals surface area contributed by atoms with Crippen LogP contribution in [0.4, 0.5) is 10.1 Å². The van der Waals surface area contributed by atoms with E-state index >= 15 is 0 Å². The lowest BCUT2D eigenvalue weighted by molar-refractivity contribution is -0.384. The third-order valence-electron chi connectivity index (χ3n) is 3.59. The summed E-state index contributed by atoms with van der Waals surface area (Å²) in [5, 5.41) is 10.6. The summed E-state index contributed by atoms with van der Waals surface area (Å²) in [5.41, 5.74) is 2.12. The first kappa shape index (κ1) is 15.1. The molecule has 0 aliphatic carbocycles. The number of non-ortho nitro benzene ring substituents is 1. The Morgan fingerprint density at radius 2 is 1.71 bits per heavy atom. The molecule has 0 aliphatic heterocycles. The van der Waals surface area contributed by atoms with Crippen LogP contribution in [0.5, 0.6) is 0 Å². The molecule has 0 N–H and O–H groups in total. The molecule has 0 aliphatic rings. The lowest BCUT2D eigenvalue weighted by Crippen LogP contribution is -2.21. The van der Waals surface area contributed by atoms with Crippen LogP contribution >= 0.6 is 0 Å². The average molecular weight is 288 g/mol. The molecule has 0 aromatic heterocycles. The van der Waals surface area contributed by atoms with Gasteiger partial charge in [0.05, 0.1) is 4.92 Å². The van der Waals surface area contributed by atoms with Crippen molar-refractivity contribution in [2.45, 2.75) is 19.5 Å². The Morgan fingerprint density at radius 3 is 2.24 bits per heavy atom. The van der Waals surface area contributed by atoms with E-state index in [1.54, 1.807) is 24.3 Å². The highest BCUT2D eigenvalue weighted by molar-refractivity contribution is 5.33. The van der Waals surface area contributed by atoms with Crippen molar-refractivity contribution in [3.8, 4) is 0 Å². The van der Waals surface area contributed by atoms with Crippen LogP contribution in [0.2, 0.25) is 0 Å². The summed E-state index contributed by atoms with van der Waals surface area (Å²) in [6, 6.07) is 13.1. The van der Waals surface area contributed by atoms with Gasteiger partial charge in [-0.3, -0.25) is 15.0 Å². The van der Waals surface area contributed by atoms with E-state index in [1.807, 2.05) is 14.0 Å². The number of halogens is 1. The lowest BCUT2D eigenvalue weighted by atomic mass is 10.1. The van der Waals surface area contributed by atoms with Crippen molar-refractivity contribution in [3.05, 3.63) is 75.6 Å². The highest BCUT2D eigenvalue weighted by atomic mass is 19.1. The van der Waals surface area contributed by atoms with Crippen LogP contribution in [-0.4, -0.2) is 16.9 Å². The van der Waals surface area contributed by atoms with E-state index in [1.165, 1.54) is 24.3 Å². The SMILES string of the molecule is CC(c1ccc(F)cc1)N(C)Cc1ccc([N+](=O)[O-])cc1. The third-order valence-corrected chi connectivity index (χ3v) is 3.59. The molecular weight excluding hydrogens is 271 g/mol. The van der Waals surface area contributed by atoms with Gasteiger partial charge in [-0.2, -0.15) is 0 Å². The van der Waals surface area contributed by atoms with Crippen LogP contribution in [0.3, 0.4) is 0 Å². The van der Waals surface area contributed by atoms with Gasteiger partial charge in [0.15, 0.2) is 0 Å². The normalized spacial score (nSPS) is 12.4. The molecule has 0 spiro atoms. The van der Waals surface area contributed by atoms with Crippen LogP contribution in [0.1, 0.15) is 24.1 Å². The number of nitrogens with zero attached hydrogens (tertiary/aromatic N) is 2. The van der Waals surface area contributed by atoms with Crippen molar-refractivity contribution in [2.75, 3.05) is 7.05 Å². The molecule has 0 saturated heterocycles. The molecular formula is C16H17FN2O2. The third kappa shape index (κ3) is 3.86. The Morgan fingerprint density at radius 1 is 1.14 bits per heavy atom. The second-order valence-electron chi connectivity index (χ2n) is 5.07. The van der Waals surface area contributed by atoms with Crippen molar-refractivity contribution in [1.29, 1.82) is 0 Å². The summed E-state index contributed by atoms with van der Waals surface area (Å²) in [7, 11) is 1.97. The summed E-state index contributed by atoms with van der Waals surface area (Å²) in [4.78, 5) is 12.3. The summed E-state index contributed by atoms with van der Waals surface area (Å²) >= 11 is 0. The molecule has 0 saturated carbocycles. The predicted octanol–water partition coefficient (Wildman–Crippen LogP) is 3.93. The Bertz CT molecular complexity index is 611. The number of nitro benzene ring substituents is 1. The van der Waals surface area contributed by atoms with Gasteiger partial charge in [-0.25, -0.2) is 4.39 Å². The molecule has 4 nitrogen and oxygen atoms in total. The van der Waals surface area contributed by atoms with Crippen molar-refractivity contribution >= 4 is 5.69 Å². The number of hydrogen-bond acceptors (Lipinski definition) is 3. The molecule has 0 bridgehead atoms. The summed E-state index contributed by atoms with van der Waals surface area (Å²) in [6.45, 7) is 2.70. The molecule has 5 heteroatoms. The summed E-state index contributed by atoms with van der Waals surface area (Å²) < 4.78 is 12.9. The fourth-order valence-corrected chi connectivity index (χ4v) is 2.14. The minimum atomic E-state index is -0.408. The van der Waals surface area contributed by atoms with Crippen molar-refractivity contribution in [2.24, 2.45) is 0 Å². The zero-order valence-electron chi connectivity index (χ0n) is 12.0. The number of hydrogen-bond donors (Lipinski definition) is 0. The van der Waals surface area contributed by atoms with Gasteiger partial charge >= 0.3 is 0 Å². The number of benzene rings is 2.